The van der Waals surface area contributed by atoms with Crippen molar-refractivity contribution < 1.29 is 9.53 Å². The number of hydrogen-bond donors (Lipinski definition) is 0. The molecule has 0 atom stereocenters. The number of amides is 1. The lowest BCUT2D eigenvalue weighted by Gasteiger charge is -2.34. The summed E-state index contributed by atoms with van der Waals surface area (Å²) < 4.78 is 5.96. The van der Waals surface area contributed by atoms with E-state index in [4.69, 9.17) is 27.9 Å². The molecule has 0 spiro atoms. The van der Waals surface area contributed by atoms with E-state index >= 15 is 0 Å². The number of halogens is 2. The summed E-state index contributed by atoms with van der Waals surface area (Å²) in [5.41, 5.74) is 3.91. The quantitative estimate of drug-likeness (QED) is 0.256. The van der Waals surface area contributed by atoms with Crippen LogP contribution in [0, 0.1) is 0 Å². The fraction of sp³-hybridized carbons (Fsp3) is 0.233. The van der Waals surface area contributed by atoms with Gasteiger partial charge in [-0.1, -0.05) is 41.4 Å². The van der Waals surface area contributed by atoms with Crippen molar-refractivity contribution in [3.8, 4) is 11.6 Å². The number of hydrogen-bond acceptors (Lipinski definition) is 6. The van der Waals surface area contributed by atoms with Crippen LogP contribution in [0.1, 0.15) is 21.5 Å². The molecule has 0 N–H and O–H groups in total. The molecule has 4 aromatic rings. The van der Waals surface area contributed by atoms with E-state index in [1.54, 1.807) is 36.8 Å². The maximum absolute atomic E-state index is 12.6. The molecular weight excluding hydrogens is 533 g/mol. The summed E-state index contributed by atoms with van der Waals surface area (Å²) in [6, 6.07) is 21.1. The first-order valence-corrected chi connectivity index (χ1v) is 13.5. The van der Waals surface area contributed by atoms with Crippen LogP contribution in [-0.4, -0.2) is 58.9 Å². The van der Waals surface area contributed by atoms with Crippen molar-refractivity contribution in [1.29, 1.82) is 0 Å². The van der Waals surface area contributed by atoms with Crippen molar-refractivity contribution >= 4 is 34.8 Å². The summed E-state index contributed by atoms with van der Waals surface area (Å²) >= 11 is 12.2. The Morgan fingerprint density at radius 3 is 2.28 bits per heavy atom. The van der Waals surface area contributed by atoms with Gasteiger partial charge in [-0.25, -0.2) is 4.98 Å². The lowest BCUT2D eigenvalue weighted by atomic mass is 10.1. The smallest absolute Gasteiger partial charge is 0.254 e. The second-order valence-electron chi connectivity index (χ2n) is 9.51. The van der Waals surface area contributed by atoms with Gasteiger partial charge in [-0.15, -0.1) is 0 Å². The van der Waals surface area contributed by atoms with Crippen LogP contribution in [0.2, 0.25) is 10.0 Å². The summed E-state index contributed by atoms with van der Waals surface area (Å²) in [6.45, 7) is 4.61. The number of ether oxygens (including phenoxy) is 1. The summed E-state index contributed by atoms with van der Waals surface area (Å²) in [5.74, 6) is 1.33. The molecule has 1 fully saturated rings. The Morgan fingerprint density at radius 2 is 1.62 bits per heavy atom. The Hall–Kier alpha value is -3.65. The van der Waals surface area contributed by atoms with Gasteiger partial charge < -0.3 is 14.5 Å². The number of carbonyl (C=O) groups is 1. The zero-order valence-electron chi connectivity index (χ0n) is 21.6. The minimum atomic E-state index is 0.0679. The van der Waals surface area contributed by atoms with Gasteiger partial charge in [-0.2, -0.15) is 0 Å². The van der Waals surface area contributed by atoms with Crippen molar-refractivity contribution in [2.45, 2.75) is 13.1 Å². The molecule has 1 saturated heterocycles. The number of anilines is 1. The number of carbonyl (C=O) groups excluding carboxylic acids is 1. The summed E-state index contributed by atoms with van der Waals surface area (Å²) in [5, 5.41) is 1.10. The highest BCUT2D eigenvalue weighted by Gasteiger charge is 2.22. The predicted molar refractivity (Wildman–Crippen MR) is 155 cm³/mol. The summed E-state index contributed by atoms with van der Waals surface area (Å²) in [4.78, 5) is 27.5. The molecule has 0 radical (unpaired) electrons. The Kier molecular flexibility index (Phi) is 8.61. The van der Waals surface area contributed by atoms with Gasteiger partial charge in [0.15, 0.2) is 0 Å². The SMILES string of the molecule is CN(Cc1ccc(Cl)c(Cl)c1)c1ccc(Oc2ccc(CN3CCN(C(=O)c4ccncc4)CC3)cc2)nc1. The Labute approximate surface area is 238 Å². The number of aromatic nitrogens is 2. The van der Waals surface area contributed by atoms with Crippen LogP contribution < -0.4 is 9.64 Å². The molecule has 0 bridgehead atoms. The molecule has 0 saturated carbocycles. The Bertz CT molecular complexity index is 1390. The average molecular weight is 563 g/mol. The van der Waals surface area contributed by atoms with Gasteiger partial charge in [0.05, 0.1) is 21.9 Å². The number of nitrogens with zero attached hydrogens (tertiary/aromatic N) is 5. The molecule has 9 heteroatoms. The predicted octanol–water partition coefficient (Wildman–Crippen LogP) is 6.17. The molecule has 1 amide bonds. The monoisotopic (exact) mass is 561 g/mol. The van der Waals surface area contributed by atoms with Gasteiger partial charge in [-0.3, -0.25) is 14.7 Å². The van der Waals surface area contributed by atoms with E-state index in [0.29, 0.717) is 41.1 Å². The van der Waals surface area contributed by atoms with E-state index in [0.717, 1.165) is 36.6 Å². The van der Waals surface area contributed by atoms with Crippen LogP contribution in [0.15, 0.2) is 85.3 Å². The highest BCUT2D eigenvalue weighted by Crippen LogP contribution is 2.26. The van der Waals surface area contributed by atoms with E-state index in [-0.39, 0.29) is 5.91 Å². The van der Waals surface area contributed by atoms with E-state index < -0.39 is 0 Å². The van der Waals surface area contributed by atoms with Gasteiger partial charge in [0.1, 0.15) is 5.75 Å². The fourth-order valence-corrected chi connectivity index (χ4v) is 4.81. The molecule has 2 aromatic carbocycles. The first-order chi connectivity index (χ1) is 18.9. The van der Waals surface area contributed by atoms with Gasteiger partial charge >= 0.3 is 0 Å². The highest BCUT2D eigenvalue weighted by atomic mass is 35.5. The fourth-order valence-electron chi connectivity index (χ4n) is 4.49. The zero-order valence-corrected chi connectivity index (χ0v) is 23.1. The lowest BCUT2D eigenvalue weighted by molar-refractivity contribution is 0.0628. The minimum absolute atomic E-state index is 0.0679. The van der Waals surface area contributed by atoms with E-state index in [9.17, 15) is 4.79 Å². The molecule has 7 nitrogen and oxygen atoms in total. The largest absolute Gasteiger partial charge is 0.439 e. The lowest BCUT2D eigenvalue weighted by Crippen LogP contribution is -2.48. The van der Waals surface area contributed by atoms with Gasteiger partial charge in [0.2, 0.25) is 5.88 Å². The van der Waals surface area contributed by atoms with Crippen LogP contribution in [0.4, 0.5) is 5.69 Å². The summed E-state index contributed by atoms with van der Waals surface area (Å²) in [7, 11) is 2.00. The third-order valence-corrected chi connectivity index (χ3v) is 7.44. The maximum Gasteiger partial charge on any atom is 0.254 e. The van der Waals surface area contributed by atoms with E-state index in [2.05, 4.69) is 31.9 Å². The van der Waals surface area contributed by atoms with Gasteiger partial charge in [-0.05, 0) is 53.6 Å². The molecule has 0 unspecified atom stereocenters. The molecule has 200 valence electrons. The number of benzene rings is 2. The second-order valence-corrected chi connectivity index (χ2v) is 10.3. The van der Waals surface area contributed by atoms with Crippen LogP contribution in [-0.2, 0) is 13.1 Å². The normalized spacial score (nSPS) is 13.8. The highest BCUT2D eigenvalue weighted by molar-refractivity contribution is 6.42. The third kappa shape index (κ3) is 7.06. The van der Waals surface area contributed by atoms with Crippen molar-refractivity contribution in [2.24, 2.45) is 0 Å². The second kappa shape index (κ2) is 12.5. The van der Waals surface area contributed by atoms with Gasteiger partial charge in [0, 0.05) is 70.3 Å². The Morgan fingerprint density at radius 1 is 0.897 bits per heavy atom. The Balaban J connectivity index is 1.10. The average Bonchev–Trinajstić information content (AvgIpc) is 2.97. The van der Waals surface area contributed by atoms with Crippen LogP contribution in [0.5, 0.6) is 11.6 Å². The summed E-state index contributed by atoms with van der Waals surface area (Å²) in [6.07, 6.45) is 5.10. The van der Waals surface area contributed by atoms with Crippen LogP contribution in [0.25, 0.3) is 0 Å². The third-order valence-electron chi connectivity index (χ3n) is 6.70. The topological polar surface area (TPSA) is 61.8 Å². The zero-order chi connectivity index (χ0) is 27.2. The van der Waals surface area contributed by atoms with Crippen LogP contribution >= 0.6 is 23.2 Å². The van der Waals surface area contributed by atoms with Gasteiger partial charge in [0.25, 0.3) is 5.91 Å². The molecule has 3 heterocycles. The molecule has 1 aliphatic rings. The molecule has 0 aliphatic carbocycles. The van der Waals surface area contributed by atoms with Crippen molar-refractivity contribution in [1.82, 2.24) is 19.8 Å². The molecule has 2 aromatic heterocycles. The first kappa shape index (κ1) is 26.9. The first-order valence-electron chi connectivity index (χ1n) is 12.7. The number of pyridine rings is 2. The van der Waals surface area contributed by atoms with E-state index in [1.165, 1.54) is 5.56 Å². The standard InChI is InChI=1S/C30H29Cl2N5O2/c1-35(20-23-4-8-27(31)28(32)18-23)25-5-9-29(34-19-25)39-26-6-2-22(3-7-26)21-36-14-16-37(17-15-36)30(38)24-10-12-33-13-11-24/h2-13,18-19H,14-17,20-21H2,1H3. The van der Waals surface area contributed by atoms with Crippen molar-refractivity contribution in [3.63, 3.8) is 0 Å². The molecule has 1 aliphatic heterocycles. The molecule has 5 rings (SSSR count). The maximum atomic E-state index is 12.6. The van der Waals surface area contributed by atoms with Crippen LogP contribution in [0.3, 0.4) is 0 Å². The van der Waals surface area contributed by atoms with Crippen molar-refractivity contribution in [2.75, 3.05) is 38.1 Å². The number of piperazine rings is 1. The molecule has 39 heavy (non-hydrogen) atoms. The van der Waals surface area contributed by atoms with Crippen molar-refractivity contribution in [3.05, 3.63) is 112 Å². The minimum Gasteiger partial charge on any atom is -0.439 e. The van der Waals surface area contributed by atoms with E-state index in [1.807, 2.05) is 48.3 Å². The number of rotatable bonds is 8. The molecular formula is C30H29Cl2N5O2.